The minimum atomic E-state index is -4.75. The SMILES string of the molecule is CP(=O)(F)NS(=O)(=O)NS(N)(=O)=O. The predicted octanol–water partition coefficient (Wildman–Crippen LogP) is -1.59. The molecule has 8 nitrogen and oxygen atoms in total. The van der Waals surface area contributed by atoms with Gasteiger partial charge in [0.15, 0.2) is 0 Å². The van der Waals surface area contributed by atoms with E-state index < -0.39 is 28.0 Å². The van der Waals surface area contributed by atoms with Crippen LogP contribution in [0, 0.1) is 0 Å². The third kappa shape index (κ3) is 8.28. The van der Waals surface area contributed by atoms with Crippen molar-refractivity contribution in [3.8, 4) is 0 Å². The summed E-state index contributed by atoms with van der Waals surface area (Å²) in [4.78, 5) is 0. The summed E-state index contributed by atoms with van der Waals surface area (Å²) in [7, 11) is -13.9. The molecule has 0 aliphatic heterocycles. The molecule has 0 aliphatic carbocycles. The van der Waals surface area contributed by atoms with Crippen LogP contribution in [0.4, 0.5) is 4.20 Å². The van der Waals surface area contributed by atoms with Gasteiger partial charge < -0.3 is 0 Å². The van der Waals surface area contributed by atoms with Crippen LogP contribution in [0.5, 0.6) is 0 Å². The molecule has 0 rings (SSSR count). The smallest absolute Gasteiger partial charge is 0.269 e. The number of nitrogens with one attached hydrogen (secondary N) is 2. The second-order valence-corrected chi connectivity index (χ2v) is 7.18. The molecule has 0 saturated heterocycles. The second-order valence-electron chi connectivity index (χ2n) is 2.04. The van der Waals surface area contributed by atoms with Crippen molar-refractivity contribution in [1.29, 1.82) is 0 Å². The number of rotatable bonds is 4. The lowest BCUT2D eigenvalue weighted by Gasteiger charge is -2.06. The number of halogens is 1. The van der Waals surface area contributed by atoms with Gasteiger partial charge in [0.2, 0.25) is 0 Å². The Hall–Kier alpha value is -0.0600. The average molecular weight is 255 g/mol. The first-order chi connectivity index (χ1) is 5.41. The van der Waals surface area contributed by atoms with E-state index in [9.17, 15) is 25.6 Å². The molecule has 0 saturated carbocycles. The molecule has 4 N–H and O–H groups in total. The maximum atomic E-state index is 12.2. The van der Waals surface area contributed by atoms with Crippen LogP contribution in [0.2, 0.25) is 0 Å². The molecular weight excluding hydrogens is 248 g/mol. The van der Waals surface area contributed by atoms with E-state index in [2.05, 4.69) is 5.14 Å². The van der Waals surface area contributed by atoms with Gasteiger partial charge in [-0.25, -0.2) is 5.14 Å². The van der Waals surface area contributed by atoms with Crippen molar-refractivity contribution >= 4 is 28.0 Å². The van der Waals surface area contributed by atoms with Crippen molar-refractivity contribution in [2.24, 2.45) is 5.14 Å². The van der Waals surface area contributed by atoms with E-state index in [4.69, 9.17) is 0 Å². The highest BCUT2D eigenvalue weighted by Crippen LogP contribution is 2.37. The Bertz CT molecular complexity index is 419. The third-order valence-electron chi connectivity index (χ3n) is 0.509. The van der Waals surface area contributed by atoms with E-state index in [1.807, 2.05) is 0 Å². The first-order valence-corrected chi connectivity index (χ1v) is 7.61. The van der Waals surface area contributed by atoms with Crippen molar-refractivity contribution in [1.82, 2.24) is 8.62 Å². The Balaban J connectivity index is 4.75. The van der Waals surface area contributed by atoms with Crippen LogP contribution in [0.25, 0.3) is 0 Å². The van der Waals surface area contributed by atoms with Crippen LogP contribution in [0.1, 0.15) is 0 Å². The molecule has 0 heterocycles. The maximum Gasteiger partial charge on any atom is 0.318 e. The highest BCUT2D eigenvalue weighted by molar-refractivity contribution is 8.05. The second kappa shape index (κ2) is 3.59. The molecule has 80 valence electrons. The molecule has 0 bridgehead atoms. The summed E-state index contributed by atoms with van der Waals surface area (Å²) in [5.74, 6) is 0. The zero-order valence-electron chi connectivity index (χ0n) is 6.26. The highest BCUT2D eigenvalue weighted by Gasteiger charge is 2.25. The molecule has 0 spiro atoms. The Morgan fingerprint density at radius 1 is 1.31 bits per heavy atom. The summed E-state index contributed by atoms with van der Waals surface area (Å²) >= 11 is 0. The predicted molar refractivity (Wildman–Crippen MR) is 42.9 cm³/mol. The fourth-order valence-corrected chi connectivity index (χ4v) is 3.81. The Labute approximate surface area is 74.6 Å². The fourth-order valence-electron chi connectivity index (χ4n) is 0.386. The molecule has 0 amide bonds. The normalized spacial score (nSPS) is 18.1. The Morgan fingerprint density at radius 2 is 1.69 bits per heavy atom. The zero-order chi connectivity index (χ0) is 10.9. The van der Waals surface area contributed by atoms with Gasteiger partial charge in [-0.3, -0.25) is 4.57 Å². The Morgan fingerprint density at radius 3 is 1.92 bits per heavy atom. The lowest BCUT2D eigenvalue weighted by molar-refractivity contribution is 0.537. The summed E-state index contributed by atoms with van der Waals surface area (Å²) in [6, 6.07) is 0. The van der Waals surface area contributed by atoms with E-state index in [0.717, 1.165) is 8.62 Å². The van der Waals surface area contributed by atoms with Crippen LogP contribution in [0.15, 0.2) is 0 Å². The minimum absolute atomic E-state index is 0.454. The molecule has 1 unspecified atom stereocenters. The minimum Gasteiger partial charge on any atom is -0.269 e. The number of nitrogens with two attached hydrogens (primary N) is 1. The van der Waals surface area contributed by atoms with Gasteiger partial charge in [-0.15, -0.1) is 4.49 Å². The van der Waals surface area contributed by atoms with Crippen molar-refractivity contribution < 1.29 is 25.6 Å². The lowest BCUT2D eigenvalue weighted by Crippen LogP contribution is -2.41. The van der Waals surface area contributed by atoms with Crippen molar-refractivity contribution in [2.75, 3.05) is 6.66 Å². The van der Waals surface area contributed by atoms with Gasteiger partial charge in [0.25, 0.3) is 20.4 Å². The van der Waals surface area contributed by atoms with Crippen LogP contribution in [-0.4, -0.2) is 23.5 Å². The monoisotopic (exact) mass is 255 g/mol. The molecule has 0 aromatic heterocycles. The third-order valence-corrected chi connectivity index (χ3v) is 4.58. The van der Waals surface area contributed by atoms with E-state index in [1.165, 1.54) is 0 Å². The zero-order valence-corrected chi connectivity index (χ0v) is 8.79. The lowest BCUT2D eigenvalue weighted by atomic mass is 12.0. The molecule has 0 aromatic carbocycles. The maximum absolute atomic E-state index is 12.2. The molecule has 0 aromatic rings. The topological polar surface area (TPSA) is 135 Å². The van der Waals surface area contributed by atoms with Gasteiger partial charge in [-0.1, -0.05) is 4.13 Å². The fraction of sp³-hybridized carbons (Fsp3) is 1.00. The standard InChI is InChI=1S/CH7FN3O5PS2/c1-11(2,6)4-13(9,10)5-12(3,7)8/h5H,1H3,(H,4,6)(H2,3,7,8). The van der Waals surface area contributed by atoms with E-state index in [-0.39, 0.29) is 0 Å². The first kappa shape index (κ1) is 12.9. The van der Waals surface area contributed by atoms with Gasteiger partial charge in [0.1, 0.15) is 0 Å². The average Bonchev–Trinajstić information content (AvgIpc) is 1.43. The van der Waals surface area contributed by atoms with Crippen molar-refractivity contribution in [3.05, 3.63) is 0 Å². The van der Waals surface area contributed by atoms with E-state index in [0.29, 0.717) is 6.66 Å². The molecular formula is CH7FN3O5PS2. The molecule has 0 aliphatic rings. The Kier molecular flexibility index (Phi) is 3.58. The summed E-state index contributed by atoms with van der Waals surface area (Å²) in [5.41, 5.74) is 0. The molecule has 0 radical (unpaired) electrons. The van der Waals surface area contributed by atoms with Gasteiger partial charge >= 0.3 is 7.60 Å². The molecule has 0 fully saturated rings. The molecule has 1 atom stereocenters. The largest absolute Gasteiger partial charge is 0.318 e. The number of hydrogen-bond acceptors (Lipinski definition) is 5. The summed E-state index contributed by atoms with van der Waals surface area (Å²) in [6.45, 7) is 0.454. The van der Waals surface area contributed by atoms with Crippen LogP contribution >= 0.6 is 7.60 Å². The summed E-state index contributed by atoms with van der Waals surface area (Å²) < 4.78 is 65.8. The molecule has 12 heteroatoms. The van der Waals surface area contributed by atoms with Gasteiger partial charge in [-0.2, -0.15) is 21.0 Å². The summed E-state index contributed by atoms with van der Waals surface area (Å²) in [6.07, 6.45) is 0. The van der Waals surface area contributed by atoms with Crippen LogP contribution in [0.3, 0.4) is 0 Å². The van der Waals surface area contributed by atoms with E-state index >= 15 is 0 Å². The van der Waals surface area contributed by atoms with Gasteiger partial charge in [0, 0.05) is 6.66 Å². The van der Waals surface area contributed by atoms with Crippen LogP contribution in [-0.2, 0) is 25.0 Å². The summed E-state index contributed by atoms with van der Waals surface area (Å²) in [5, 5.41) is 4.27. The van der Waals surface area contributed by atoms with Gasteiger partial charge in [-0.05, 0) is 0 Å². The van der Waals surface area contributed by atoms with Crippen molar-refractivity contribution in [2.45, 2.75) is 0 Å². The molecule has 13 heavy (non-hydrogen) atoms. The number of hydrogen-bond donors (Lipinski definition) is 3. The first-order valence-electron chi connectivity index (χ1n) is 2.54. The quantitative estimate of drug-likeness (QED) is 0.520. The van der Waals surface area contributed by atoms with E-state index in [1.54, 1.807) is 0 Å². The van der Waals surface area contributed by atoms with Crippen LogP contribution < -0.4 is 13.8 Å². The van der Waals surface area contributed by atoms with Crippen molar-refractivity contribution in [3.63, 3.8) is 0 Å². The highest BCUT2D eigenvalue weighted by atomic mass is 32.3. The van der Waals surface area contributed by atoms with Gasteiger partial charge in [0.05, 0.1) is 0 Å².